The molecule has 0 aliphatic carbocycles. The van der Waals surface area contributed by atoms with Crippen LogP contribution in [0.25, 0.3) is 22.8 Å². The molecule has 39 heavy (non-hydrogen) atoms. The number of aromatic nitrogens is 5. The van der Waals surface area contributed by atoms with Gasteiger partial charge in [-0.1, -0.05) is 52.8 Å². The van der Waals surface area contributed by atoms with Crippen molar-refractivity contribution < 1.29 is 18.8 Å². The van der Waals surface area contributed by atoms with Crippen LogP contribution in [0.3, 0.4) is 0 Å². The third kappa shape index (κ3) is 5.58. The maximum absolute atomic E-state index is 14.7. The second-order valence-corrected chi connectivity index (χ2v) is 9.13. The van der Waals surface area contributed by atoms with Crippen LogP contribution in [0, 0.1) is 11.7 Å². The molecule has 10 nitrogen and oxygen atoms in total. The summed E-state index contributed by atoms with van der Waals surface area (Å²) in [6, 6.07) is 14.3. The number of hydrogen-bond acceptors (Lipinski definition) is 8. The summed E-state index contributed by atoms with van der Waals surface area (Å²) in [5, 5.41) is 21.6. The zero-order chi connectivity index (χ0) is 27.4. The van der Waals surface area contributed by atoms with Crippen molar-refractivity contribution >= 4 is 18.3 Å². The molecule has 1 aliphatic rings. The topological polar surface area (TPSA) is 123 Å². The van der Waals surface area contributed by atoms with E-state index in [0.29, 0.717) is 48.8 Å². The highest BCUT2D eigenvalue weighted by Crippen LogP contribution is 2.30. The minimum absolute atomic E-state index is 0.157. The number of rotatable bonds is 10. The fourth-order valence-electron chi connectivity index (χ4n) is 4.40. The zero-order valence-electron chi connectivity index (χ0n) is 21.2. The summed E-state index contributed by atoms with van der Waals surface area (Å²) in [4.78, 5) is 21.4. The van der Waals surface area contributed by atoms with Crippen molar-refractivity contribution in [3.63, 3.8) is 0 Å². The lowest BCUT2D eigenvalue weighted by molar-refractivity contribution is -0.147. The van der Waals surface area contributed by atoms with Crippen molar-refractivity contribution in [3.05, 3.63) is 95.3 Å². The number of carboxylic acids is 1. The molecule has 5 rings (SSSR count). The number of para-hydroxylation sites is 1. The second kappa shape index (κ2) is 11.3. The van der Waals surface area contributed by atoms with Gasteiger partial charge in [-0.3, -0.25) is 14.7 Å². The van der Waals surface area contributed by atoms with Crippen molar-refractivity contribution in [3.8, 4) is 17.3 Å². The van der Waals surface area contributed by atoms with Crippen LogP contribution in [0.1, 0.15) is 29.6 Å². The van der Waals surface area contributed by atoms with Crippen LogP contribution in [-0.4, -0.2) is 60.9 Å². The molecule has 1 N–H and O–H groups in total. The molecule has 1 aliphatic heterocycles. The van der Waals surface area contributed by atoms with E-state index in [0.717, 1.165) is 11.1 Å². The predicted octanol–water partition coefficient (Wildman–Crippen LogP) is 4.18. The molecule has 2 aromatic heterocycles. The number of aliphatic carboxylic acids is 1. The van der Waals surface area contributed by atoms with Gasteiger partial charge < -0.3 is 9.63 Å². The number of hydrogen-bond donors (Lipinski definition) is 1. The molecule has 0 atom stereocenters. The van der Waals surface area contributed by atoms with Crippen LogP contribution in [0.2, 0.25) is 0 Å². The Morgan fingerprint density at radius 3 is 2.64 bits per heavy atom. The van der Waals surface area contributed by atoms with E-state index in [2.05, 4.69) is 37.1 Å². The maximum atomic E-state index is 14.7. The minimum atomic E-state index is -0.741. The Morgan fingerprint density at radius 1 is 1.21 bits per heavy atom. The molecule has 11 heteroatoms. The summed E-state index contributed by atoms with van der Waals surface area (Å²) in [5.41, 5.74) is 3.76. The van der Waals surface area contributed by atoms with E-state index in [-0.39, 0.29) is 17.5 Å². The molecule has 0 bridgehead atoms. The summed E-state index contributed by atoms with van der Waals surface area (Å²) in [6.45, 7) is 7.16. The van der Waals surface area contributed by atoms with Crippen LogP contribution >= 0.6 is 0 Å². The van der Waals surface area contributed by atoms with Crippen LogP contribution in [0.4, 0.5) is 4.39 Å². The maximum Gasteiger partial charge on any atom is 0.309 e. The quantitative estimate of drug-likeness (QED) is 0.241. The Labute approximate surface area is 223 Å². The van der Waals surface area contributed by atoms with Gasteiger partial charge in [0.15, 0.2) is 11.5 Å². The smallest absolute Gasteiger partial charge is 0.309 e. The monoisotopic (exact) mass is 527 g/mol. The first kappa shape index (κ1) is 25.9. The van der Waals surface area contributed by atoms with E-state index in [1.807, 2.05) is 37.3 Å². The molecule has 0 amide bonds. The largest absolute Gasteiger partial charge is 0.481 e. The van der Waals surface area contributed by atoms with E-state index >= 15 is 0 Å². The average molecular weight is 528 g/mol. The first-order valence-corrected chi connectivity index (χ1v) is 12.3. The van der Waals surface area contributed by atoms with Crippen molar-refractivity contribution in [1.29, 1.82) is 0 Å². The Hall–Kier alpha value is -4.77. The highest BCUT2D eigenvalue weighted by Gasteiger charge is 2.32. The number of aliphatic imine (C=N–C) groups is 1. The summed E-state index contributed by atoms with van der Waals surface area (Å²) >= 11 is 0. The van der Waals surface area contributed by atoms with Gasteiger partial charge in [-0.2, -0.15) is 4.98 Å². The second-order valence-electron chi connectivity index (χ2n) is 9.13. The Kier molecular flexibility index (Phi) is 7.50. The molecule has 3 heterocycles. The van der Waals surface area contributed by atoms with Crippen LogP contribution in [0.15, 0.2) is 76.4 Å². The summed E-state index contributed by atoms with van der Waals surface area (Å²) in [6.07, 6.45) is 5.49. The van der Waals surface area contributed by atoms with Gasteiger partial charge in [-0.25, -0.2) is 9.07 Å². The highest BCUT2D eigenvalue weighted by atomic mass is 19.1. The van der Waals surface area contributed by atoms with Crippen molar-refractivity contribution in [2.75, 3.05) is 13.1 Å². The number of likely N-dealkylation sites (tertiary alicyclic amines) is 1. The fourth-order valence-corrected chi connectivity index (χ4v) is 4.40. The number of carbonyl (C=O) groups is 1. The van der Waals surface area contributed by atoms with E-state index in [4.69, 9.17) is 9.63 Å². The molecule has 0 spiro atoms. The lowest BCUT2D eigenvalue weighted by Crippen LogP contribution is -2.49. The number of carboxylic acid groups (broad SMARTS) is 1. The lowest BCUT2D eigenvalue weighted by Gasteiger charge is -2.36. The number of benzene rings is 2. The third-order valence-corrected chi connectivity index (χ3v) is 6.46. The van der Waals surface area contributed by atoms with E-state index in [9.17, 15) is 9.18 Å². The van der Waals surface area contributed by atoms with Gasteiger partial charge in [0, 0.05) is 37.8 Å². The summed E-state index contributed by atoms with van der Waals surface area (Å²) < 4.78 is 21.6. The first-order valence-electron chi connectivity index (χ1n) is 12.3. The standard InChI is InChI=1S/C28H26FN7O3/c1-3-20(12-13-30-2)26-25(32-34-36(26)23-7-5-4-6-22(23)29)27-31-24(33-39-27)14-18-8-10-19(11-9-18)15-35-16-21(17-35)28(37)38/h3-13,21H,2,14-17H2,1H3,(H,37,38)/b13-12-,20-3+. The normalized spacial score (nSPS) is 14.6. The Morgan fingerprint density at radius 2 is 1.95 bits per heavy atom. The predicted molar refractivity (Wildman–Crippen MR) is 143 cm³/mol. The molecular weight excluding hydrogens is 501 g/mol. The molecule has 0 radical (unpaired) electrons. The molecule has 0 unspecified atom stereocenters. The van der Waals surface area contributed by atoms with Crippen molar-refractivity contribution in [2.24, 2.45) is 10.9 Å². The number of halogens is 1. The number of allylic oxidation sites excluding steroid dienone is 3. The van der Waals surface area contributed by atoms with Crippen molar-refractivity contribution in [1.82, 2.24) is 30.0 Å². The van der Waals surface area contributed by atoms with Gasteiger partial charge in [0.2, 0.25) is 0 Å². The van der Waals surface area contributed by atoms with E-state index in [1.165, 1.54) is 16.9 Å². The SMILES string of the molecule is C=N/C=C\C(=C/C)c1c(-c2nc(Cc3ccc(CN4CC(C(=O)O)C4)cc3)no2)nnn1-c1ccccc1F. The Bertz CT molecular complexity index is 1550. The van der Waals surface area contributed by atoms with Crippen LogP contribution < -0.4 is 0 Å². The molecule has 198 valence electrons. The van der Waals surface area contributed by atoms with Gasteiger partial charge in [-0.15, -0.1) is 5.10 Å². The minimum Gasteiger partial charge on any atom is -0.481 e. The van der Waals surface area contributed by atoms with Crippen LogP contribution in [0.5, 0.6) is 0 Å². The van der Waals surface area contributed by atoms with Gasteiger partial charge in [0.25, 0.3) is 5.89 Å². The highest BCUT2D eigenvalue weighted by molar-refractivity contribution is 5.80. The van der Waals surface area contributed by atoms with Gasteiger partial charge in [-0.05, 0) is 43.0 Å². The van der Waals surface area contributed by atoms with Gasteiger partial charge in [0.05, 0.1) is 5.92 Å². The molecule has 2 aromatic carbocycles. The molecule has 1 saturated heterocycles. The van der Waals surface area contributed by atoms with E-state index in [1.54, 1.807) is 24.3 Å². The first-order chi connectivity index (χ1) is 19.0. The Balaban J connectivity index is 1.37. The zero-order valence-corrected chi connectivity index (χ0v) is 21.2. The van der Waals surface area contributed by atoms with Gasteiger partial charge >= 0.3 is 5.97 Å². The third-order valence-electron chi connectivity index (χ3n) is 6.46. The number of nitrogens with zero attached hydrogens (tertiary/aromatic N) is 7. The molecule has 1 fully saturated rings. The molecule has 4 aromatic rings. The van der Waals surface area contributed by atoms with Crippen LogP contribution in [-0.2, 0) is 17.8 Å². The van der Waals surface area contributed by atoms with Gasteiger partial charge in [0.1, 0.15) is 17.2 Å². The lowest BCUT2D eigenvalue weighted by atomic mass is 9.99. The fraction of sp³-hybridized carbons (Fsp3) is 0.214. The molecule has 0 saturated carbocycles. The summed E-state index contributed by atoms with van der Waals surface area (Å²) in [5.74, 6) is -0.855. The molecular formula is C28H26FN7O3. The summed E-state index contributed by atoms with van der Waals surface area (Å²) in [7, 11) is 0. The van der Waals surface area contributed by atoms with E-state index < -0.39 is 11.8 Å². The average Bonchev–Trinajstić information content (AvgIpc) is 3.55. The van der Waals surface area contributed by atoms with Crippen molar-refractivity contribution in [2.45, 2.75) is 19.9 Å².